The van der Waals surface area contributed by atoms with Crippen LogP contribution in [0, 0.1) is 0 Å². The molecule has 0 aromatic carbocycles. The fourth-order valence-corrected chi connectivity index (χ4v) is 3.69. The summed E-state index contributed by atoms with van der Waals surface area (Å²) in [4.78, 5) is 12.4. The van der Waals surface area contributed by atoms with Crippen molar-refractivity contribution in [3.8, 4) is 0 Å². The van der Waals surface area contributed by atoms with Gasteiger partial charge in [0.1, 0.15) is 0 Å². The summed E-state index contributed by atoms with van der Waals surface area (Å²) >= 11 is 0. The molecule has 1 unspecified atom stereocenters. The van der Waals surface area contributed by atoms with Crippen LogP contribution in [0.4, 0.5) is 0 Å². The first kappa shape index (κ1) is 23.9. The van der Waals surface area contributed by atoms with Crippen LogP contribution in [0.3, 0.4) is 0 Å². The van der Waals surface area contributed by atoms with Crippen LogP contribution in [-0.2, 0) is 0 Å². The van der Waals surface area contributed by atoms with Crippen molar-refractivity contribution in [2.45, 2.75) is 51.6 Å². The molecule has 26 heavy (non-hydrogen) atoms. The van der Waals surface area contributed by atoms with E-state index in [1.165, 1.54) is 45.3 Å². The second kappa shape index (κ2) is 13.1. The van der Waals surface area contributed by atoms with E-state index in [1.807, 2.05) is 0 Å². The third-order valence-electron chi connectivity index (χ3n) is 5.54. The third kappa shape index (κ3) is 8.27. The molecule has 0 aromatic heterocycles. The highest BCUT2D eigenvalue weighted by molar-refractivity contribution is 14.0. The van der Waals surface area contributed by atoms with E-state index in [9.17, 15) is 0 Å². The molecular formula is C19H41IN6. The van der Waals surface area contributed by atoms with Gasteiger partial charge in [-0.15, -0.1) is 24.0 Å². The molecule has 2 aliphatic rings. The SMILES string of the molecule is CCCCN1CCC(NC(=NCC2CN(C)CCN2C)NCC)CC1.I. The lowest BCUT2D eigenvalue weighted by atomic mass is 10.0. The maximum Gasteiger partial charge on any atom is 0.191 e. The van der Waals surface area contributed by atoms with Crippen LogP contribution in [0.2, 0.25) is 0 Å². The van der Waals surface area contributed by atoms with Crippen LogP contribution in [0.1, 0.15) is 39.5 Å². The van der Waals surface area contributed by atoms with Crippen LogP contribution in [0.15, 0.2) is 4.99 Å². The van der Waals surface area contributed by atoms with Crippen molar-refractivity contribution in [2.24, 2.45) is 4.99 Å². The minimum absolute atomic E-state index is 0. The molecule has 0 saturated carbocycles. The molecule has 0 radical (unpaired) electrons. The number of aliphatic imine (C=N–C) groups is 1. The zero-order valence-corrected chi connectivity index (χ0v) is 19.7. The van der Waals surface area contributed by atoms with Crippen LogP contribution in [0.25, 0.3) is 0 Å². The highest BCUT2D eigenvalue weighted by Gasteiger charge is 2.23. The number of guanidine groups is 1. The van der Waals surface area contributed by atoms with Crippen LogP contribution in [0.5, 0.6) is 0 Å². The van der Waals surface area contributed by atoms with Crippen LogP contribution in [-0.4, -0.2) is 99.2 Å². The molecule has 2 rings (SSSR count). The van der Waals surface area contributed by atoms with Crippen molar-refractivity contribution in [3.63, 3.8) is 0 Å². The summed E-state index contributed by atoms with van der Waals surface area (Å²) in [6.07, 6.45) is 5.06. The molecule has 2 aliphatic heterocycles. The Morgan fingerprint density at radius 3 is 2.46 bits per heavy atom. The molecule has 7 heteroatoms. The average molecular weight is 480 g/mol. The van der Waals surface area contributed by atoms with E-state index in [2.05, 4.69) is 53.3 Å². The highest BCUT2D eigenvalue weighted by atomic mass is 127. The Hall–Kier alpha value is -0.120. The lowest BCUT2D eigenvalue weighted by molar-refractivity contribution is 0.119. The zero-order chi connectivity index (χ0) is 18.1. The minimum Gasteiger partial charge on any atom is -0.357 e. The molecule has 0 aliphatic carbocycles. The molecule has 2 fully saturated rings. The van der Waals surface area contributed by atoms with Gasteiger partial charge in [0.05, 0.1) is 6.54 Å². The summed E-state index contributed by atoms with van der Waals surface area (Å²) in [6, 6.07) is 1.08. The van der Waals surface area contributed by atoms with Crippen molar-refractivity contribution in [1.29, 1.82) is 0 Å². The standard InChI is InChI=1S/C19H40N6.HI/c1-5-7-10-25-11-8-17(9-12-25)22-19(20-6-2)21-15-18-16-23(3)13-14-24(18)4;/h17-18H,5-16H2,1-4H3,(H2,20,21,22);1H. The highest BCUT2D eigenvalue weighted by Crippen LogP contribution is 2.11. The Morgan fingerprint density at radius 1 is 1.08 bits per heavy atom. The summed E-state index contributed by atoms with van der Waals surface area (Å²) in [5.41, 5.74) is 0. The Morgan fingerprint density at radius 2 is 1.81 bits per heavy atom. The average Bonchev–Trinajstić information content (AvgIpc) is 2.62. The predicted octanol–water partition coefficient (Wildman–Crippen LogP) is 1.67. The van der Waals surface area contributed by atoms with E-state index in [0.717, 1.165) is 38.7 Å². The van der Waals surface area contributed by atoms with Gasteiger partial charge in [0, 0.05) is 51.4 Å². The fourth-order valence-electron chi connectivity index (χ4n) is 3.69. The normalized spacial score (nSPS) is 24.3. The maximum atomic E-state index is 4.90. The molecule has 2 heterocycles. The molecule has 0 bridgehead atoms. The molecule has 2 N–H and O–H groups in total. The van der Waals surface area contributed by atoms with Gasteiger partial charge in [0.15, 0.2) is 5.96 Å². The molecular weight excluding hydrogens is 439 g/mol. The smallest absolute Gasteiger partial charge is 0.191 e. The summed E-state index contributed by atoms with van der Waals surface area (Å²) in [5.74, 6) is 0.996. The van der Waals surface area contributed by atoms with Gasteiger partial charge in [0.25, 0.3) is 0 Å². The molecule has 0 amide bonds. The van der Waals surface area contributed by atoms with Gasteiger partial charge < -0.3 is 20.4 Å². The molecule has 0 spiro atoms. The van der Waals surface area contributed by atoms with Gasteiger partial charge in [0.2, 0.25) is 0 Å². The van der Waals surface area contributed by atoms with Crippen LogP contribution < -0.4 is 10.6 Å². The van der Waals surface area contributed by atoms with Gasteiger partial charge >= 0.3 is 0 Å². The maximum absolute atomic E-state index is 4.90. The number of piperidine rings is 1. The van der Waals surface area contributed by atoms with Crippen molar-refractivity contribution >= 4 is 29.9 Å². The molecule has 1 atom stereocenters. The van der Waals surface area contributed by atoms with E-state index in [0.29, 0.717) is 12.1 Å². The minimum atomic E-state index is 0. The molecule has 154 valence electrons. The number of piperazine rings is 1. The summed E-state index contributed by atoms with van der Waals surface area (Å²) in [6.45, 7) is 13.3. The number of likely N-dealkylation sites (N-methyl/N-ethyl adjacent to an activating group) is 2. The van der Waals surface area contributed by atoms with E-state index in [-0.39, 0.29) is 24.0 Å². The Labute approximate surface area is 178 Å². The fraction of sp³-hybridized carbons (Fsp3) is 0.947. The first-order valence-corrected chi connectivity index (χ1v) is 10.3. The van der Waals surface area contributed by atoms with Gasteiger partial charge in [-0.1, -0.05) is 13.3 Å². The van der Waals surface area contributed by atoms with Crippen molar-refractivity contribution in [3.05, 3.63) is 0 Å². The largest absolute Gasteiger partial charge is 0.357 e. The number of likely N-dealkylation sites (tertiary alicyclic amines) is 1. The number of rotatable bonds is 7. The number of hydrogen-bond acceptors (Lipinski definition) is 4. The zero-order valence-electron chi connectivity index (χ0n) is 17.3. The first-order valence-electron chi connectivity index (χ1n) is 10.3. The Bertz CT molecular complexity index is 397. The number of unbranched alkanes of at least 4 members (excludes halogenated alkanes) is 1. The van der Waals surface area contributed by atoms with E-state index in [1.54, 1.807) is 0 Å². The first-order chi connectivity index (χ1) is 12.1. The van der Waals surface area contributed by atoms with Gasteiger partial charge in [-0.05, 0) is 46.8 Å². The lowest BCUT2D eigenvalue weighted by Gasteiger charge is -2.37. The molecule has 0 aromatic rings. The molecule has 6 nitrogen and oxygen atoms in total. The predicted molar refractivity (Wildman–Crippen MR) is 123 cm³/mol. The summed E-state index contributed by atoms with van der Waals surface area (Å²) in [7, 11) is 4.43. The number of halogens is 1. The van der Waals surface area contributed by atoms with E-state index < -0.39 is 0 Å². The second-order valence-corrected chi connectivity index (χ2v) is 7.73. The second-order valence-electron chi connectivity index (χ2n) is 7.73. The van der Waals surface area contributed by atoms with E-state index in [4.69, 9.17) is 4.99 Å². The van der Waals surface area contributed by atoms with Crippen molar-refractivity contribution in [2.75, 3.05) is 66.5 Å². The number of hydrogen-bond donors (Lipinski definition) is 2. The van der Waals surface area contributed by atoms with Crippen molar-refractivity contribution < 1.29 is 0 Å². The Balaban J connectivity index is 0.00000338. The summed E-state index contributed by atoms with van der Waals surface area (Å²) in [5, 5.41) is 7.11. The van der Waals surface area contributed by atoms with E-state index >= 15 is 0 Å². The van der Waals surface area contributed by atoms with Gasteiger partial charge in [-0.2, -0.15) is 0 Å². The monoisotopic (exact) mass is 480 g/mol. The Kier molecular flexibility index (Phi) is 12.1. The third-order valence-corrected chi connectivity index (χ3v) is 5.54. The molecule has 2 saturated heterocycles. The number of nitrogens with zero attached hydrogens (tertiary/aromatic N) is 4. The lowest BCUT2D eigenvalue weighted by Crippen LogP contribution is -2.52. The topological polar surface area (TPSA) is 46.1 Å². The van der Waals surface area contributed by atoms with Crippen molar-refractivity contribution in [1.82, 2.24) is 25.3 Å². The van der Waals surface area contributed by atoms with Crippen LogP contribution >= 0.6 is 24.0 Å². The quantitative estimate of drug-likeness (QED) is 0.330. The van der Waals surface area contributed by atoms with Gasteiger partial charge in [-0.3, -0.25) is 9.89 Å². The van der Waals surface area contributed by atoms with Gasteiger partial charge in [-0.25, -0.2) is 0 Å². The number of nitrogens with one attached hydrogen (secondary N) is 2. The summed E-state index contributed by atoms with van der Waals surface area (Å²) < 4.78 is 0.